The molecule has 1 rings (SSSR count). The summed E-state index contributed by atoms with van der Waals surface area (Å²) >= 11 is 0. The number of hydrogen-bond acceptors (Lipinski definition) is 1. The van der Waals surface area contributed by atoms with Crippen molar-refractivity contribution in [2.75, 3.05) is 13.6 Å². The summed E-state index contributed by atoms with van der Waals surface area (Å²) in [6, 6.07) is 0.922. The van der Waals surface area contributed by atoms with E-state index in [0.717, 1.165) is 12.0 Å². The van der Waals surface area contributed by atoms with Crippen LogP contribution in [0.25, 0.3) is 0 Å². The van der Waals surface area contributed by atoms with Crippen molar-refractivity contribution in [3.05, 3.63) is 0 Å². The summed E-state index contributed by atoms with van der Waals surface area (Å²) in [5, 5.41) is 0. The van der Waals surface area contributed by atoms with E-state index in [1.807, 2.05) is 0 Å². The van der Waals surface area contributed by atoms with Crippen molar-refractivity contribution in [3.8, 4) is 0 Å². The van der Waals surface area contributed by atoms with E-state index in [2.05, 4.69) is 25.8 Å². The van der Waals surface area contributed by atoms with E-state index in [1.54, 1.807) is 0 Å². The Labute approximate surface area is 83.5 Å². The molecular formula is C12H25N. The monoisotopic (exact) mass is 183 g/mol. The molecule has 0 radical (unpaired) electrons. The Kier molecular flexibility index (Phi) is 4.79. The van der Waals surface area contributed by atoms with E-state index in [-0.39, 0.29) is 0 Å². The van der Waals surface area contributed by atoms with Gasteiger partial charge in [0, 0.05) is 12.6 Å². The fraction of sp³-hybridized carbons (Fsp3) is 1.00. The summed E-state index contributed by atoms with van der Waals surface area (Å²) in [5.74, 6) is 0.940. The molecule has 0 aromatic rings. The molecule has 1 atom stereocenters. The van der Waals surface area contributed by atoms with Gasteiger partial charge in [0.1, 0.15) is 0 Å². The maximum atomic E-state index is 2.59. The molecule has 0 N–H and O–H groups in total. The van der Waals surface area contributed by atoms with Crippen molar-refractivity contribution in [1.82, 2.24) is 4.90 Å². The molecule has 0 aromatic heterocycles. The topological polar surface area (TPSA) is 3.24 Å². The third-order valence-corrected chi connectivity index (χ3v) is 3.52. The zero-order valence-electron chi connectivity index (χ0n) is 9.55. The average molecular weight is 183 g/mol. The highest BCUT2D eigenvalue weighted by Crippen LogP contribution is 2.25. The van der Waals surface area contributed by atoms with Gasteiger partial charge in [-0.1, -0.05) is 33.1 Å². The van der Waals surface area contributed by atoms with Gasteiger partial charge in [-0.05, 0) is 32.2 Å². The molecule has 0 amide bonds. The van der Waals surface area contributed by atoms with E-state index in [0.29, 0.717) is 0 Å². The SMILES string of the molecule is CCCC(CC)CN(C)C1CCC1. The summed E-state index contributed by atoms with van der Waals surface area (Å²) in [6.07, 6.45) is 8.45. The lowest BCUT2D eigenvalue weighted by atomic mass is 9.90. The molecular weight excluding hydrogens is 158 g/mol. The molecule has 0 aliphatic heterocycles. The molecule has 1 heteroatoms. The van der Waals surface area contributed by atoms with Crippen LogP contribution in [0.2, 0.25) is 0 Å². The second-order valence-electron chi connectivity index (χ2n) is 4.59. The van der Waals surface area contributed by atoms with Crippen LogP contribution in [-0.4, -0.2) is 24.5 Å². The van der Waals surface area contributed by atoms with E-state index < -0.39 is 0 Å². The minimum Gasteiger partial charge on any atom is -0.303 e. The van der Waals surface area contributed by atoms with Crippen molar-refractivity contribution in [2.24, 2.45) is 5.92 Å². The quantitative estimate of drug-likeness (QED) is 0.611. The third-order valence-electron chi connectivity index (χ3n) is 3.52. The Bertz CT molecular complexity index is 129. The third kappa shape index (κ3) is 3.30. The highest BCUT2D eigenvalue weighted by atomic mass is 15.1. The van der Waals surface area contributed by atoms with Crippen LogP contribution in [0.1, 0.15) is 52.4 Å². The van der Waals surface area contributed by atoms with Crippen LogP contribution < -0.4 is 0 Å². The molecule has 1 unspecified atom stereocenters. The van der Waals surface area contributed by atoms with E-state index >= 15 is 0 Å². The molecule has 13 heavy (non-hydrogen) atoms. The molecule has 0 aromatic carbocycles. The molecule has 0 spiro atoms. The Morgan fingerprint density at radius 1 is 1.31 bits per heavy atom. The molecule has 0 saturated heterocycles. The lowest BCUT2D eigenvalue weighted by molar-refractivity contribution is 0.134. The number of rotatable bonds is 6. The van der Waals surface area contributed by atoms with Crippen LogP contribution in [0.3, 0.4) is 0 Å². The largest absolute Gasteiger partial charge is 0.303 e. The molecule has 0 heterocycles. The van der Waals surface area contributed by atoms with E-state index in [9.17, 15) is 0 Å². The van der Waals surface area contributed by atoms with Crippen molar-refractivity contribution in [2.45, 2.75) is 58.4 Å². The van der Waals surface area contributed by atoms with Gasteiger partial charge < -0.3 is 4.90 Å². The molecule has 1 nitrogen and oxygen atoms in total. The molecule has 1 fully saturated rings. The number of hydrogen-bond donors (Lipinski definition) is 0. The van der Waals surface area contributed by atoms with Crippen LogP contribution in [0.15, 0.2) is 0 Å². The summed E-state index contributed by atoms with van der Waals surface area (Å²) in [6.45, 7) is 5.95. The van der Waals surface area contributed by atoms with Gasteiger partial charge in [0.2, 0.25) is 0 Å². The number of nitrogens with zero attached hydrogens (tertiary/aromatic N) is 1. The van der Waals surface area contributed by atoms with Gasteiger partial charge in [-0.3, -0.25) is 0 Å². The molecule has 1 aliphatic carbocycles. The van der Waals surface area contributed by atoms with Gasteiger partial charge in [-0.2, -0.15) is 0 Å². The second-order valence-corrected chi connectivity index (χ2v) is 4.59. The van der Waals surface area contributed by atoms with E-state index in [1.165, 1.54) is 45.1 Å². The van der Waals surface area contributed by atoms with E-state index in [4.69, 9.17) is 0 Å². The first-order chi connectivity index (χ1) is 6.27. The minimum absolute atomic E-state index is 0.922. The first kappa shape index (κ1) is 11.0. The Hall–Kier alpha value is -0.0400. The van der Waals surface area contributed by atoms with Gasteiger partial charge in [-0.25, -0.2) is 0 Å². The average Bonchev–Trinajstić information content (AvgIpc) is 2.00. The van der Waals surface area contributed by atoms with Gasteiger partial charge in [0.25, 0.3) is 0 Å². The summed E-state index contributed by atoms with van der Waals surface area (Å²) in [5.41, 5.74) is 0. The van der Waals surface area contributed by atoms with Crippen LogP contribution in [0.4, 0.5) is 0 Å². The van der Waals surface area contributed by atoms with Crippen molar-refractivity contribution >= 4 is 0 Å². The summed E-state index contributed by atoms with van der Waals surface area (Å²) in [7, 11) is 2.31. The Morgan fingerprint density at radius 3 is 2.38 bits per heavy atom. The molecule has 1 saturated carbocycles. The summed E-state index contributed by atoms with van der Waals surface area (Å²) < 4.78 is 0. The fourth-order valence-corrected chi connectivity index (χ4v) is 2.22. The van der Waals surface area contributed by atoms with Crippen LogP contribution in [-0.2, 0) is 0 Å². The predicted molar refractivity (Wildman–Crippen MR) is 59.0 cm³/mol. The van der Waals surface area contributed by atoms with Crippen LogP contribution >= 0.6 is 0 Å². The zero-order chi connectivity index (χ0) is 9.68. The predicted octanol–water partition coefficient (Wildman–Crippen LogP) is 3.30. The minimum atomic E-state index is 0.922. The van der Waals surface area contributed by atoms with Crippen molar-refractivity contribution < 1.29 is 0 Å². The highest BCUT2D eigenvalue weighted by Gasteiger charge is 2.23. The summed E-state index contributed by atoms with van der Waals surface area (Å²) in [4.78, 5) is 2.59. The van der Waals surface area contributed by atoms with Gasteiger partial charge in [0.05, 0.1) is 0 Å². The molecule has 78 valence electrons. The Morgan fingerprint density at radius 2 is 2.00 bits per heavy atom. The Balaban J connectivity index is 2.18. The van der Waals surface area contributed by atoms with Gasteiger partial charge in [0.15, 0.2) is 0 Å². The highest BCUT2D eigenvalue weighted by molar-refractivity contribution is 4.79. The van der Waals surface area contributed by atoms with Gasteiger partial charge in [-0.15, -0.1) is 0 Å². The first-order valence-corrected chi connectivity index (χ1v) is 5.98. The molecule has 0 bridgehead atoms. The van der Waals surface area contributed by atoms with Crippen molar-refractivity contribution in [1.29, 1.82) is 0 Å². The lowest BCUT2D eigenvalue weighted by Crippen LogP contribution is -2.39. The van der Waals surface area contributed by atoms with Crippen molar-refractivity contribution in [3.63, 3.8) is 0 Å². The second kappa shape index (κ2) is 5.64. The van der Waals surface area contributed by atoms with Gasteiger partial charge >= 0.3 is 0 Å². The smallest absolute Gasteiger partial charge is 0.00923 e. The maximum absolute atomic E-state index is 2.59. The normalized spacial score (nSPS) is 20.3. The maximum Gasteiger partial charge on any atom is 0.00923 e. The lowest BCUT2D eigenvalue weighted by Gasteiger charge is -2.36. The first-order valence-electron chi connectivity index (χ1n) is 5.98. The van der Waals surface area contributed by atoms with Crippen LogP contribution in [0.5, 0.6) is 0 Å². The zero-order valence-corrected chi connectivity index (χ0v) is 9.55. The fourth-order valence-electron chi connectivity index (χ4n) is 2.22. The molecule has 1 aliphatic rings. The standard InChI is InChI=1S/C12H25N/c1-4-7-11(5-2)10-13(3)12-8-6-9-12/h11-12H,4-10H2,1-3H3. The van der Waals surface area contributed by atoms with Crippen LogP contribution in [0, 0.1) is 5.92 Å².